The Kier molecular flexibility index (Phi) is 9.90. The summed E-state index contributed by atoms with van der Waals surface area (Å²) >= 11 is 12.5. The van der Waals surface area contributed by atoms with Crippen molar-refractivity contribution in [3.8, 4) is 0 Å². The summed E-state index contributed by atoms with van der Waals surface area (Å²) in [6.07, 6.45) is 0.615. The maximum atomic E-state index is 13.4. The summed E-state index contributed by atoms with van der Waals surface area (Å²) in [5.74, 6) is -2.12. The lowest BCUT2D eigenvalue weighted by Crippen LogP contribution is -2.46. The lowest BCUT2D eigenvalue weighted by Gasteiger charge is -2.36. The summed E-state index contributed by atoms with van der Waals surface area (Å²) in [5, 5.41) is 15.6. The molecule has 1 atom stereocenters. The summed E-state index contributed by atoms with van der Waals surface area (Å²) in [4.78, 5) is 41.6. The first kappa shape index (κ1) is 30.4. The number of allylic oxidation sites excluding steroid dienone is 2. The molecule has 1 fully saturated rings. The Morgan fingerprint density at radius 2 is 1.68 bits per heavy atom. The van der Waals surface area contributed by atoms with Crippen molar-refractivity contribution in [3.05, 3.63) is 90.7 Å². The number of carbonyl (C=O) groups excluding carboxylic acids is 2. The van der Waals surface area contributed by atoms with Crippen LogP contribution >= 0.6 is 23.2 Å². The van der Waals surface area contributed by atoms with E-state index in [1.54, 1.807) is 26.0 Å². The van der Waals surface area contributed by atoms with Crippen LogP contribution in [0.15, 0.2) is 65.0 Å². The normalized spacial score (nSPS) is 17.8. The predicted molar refractivity (Wildman–Crippen MR) is 157 cm³/mol. The third-order valence-corrected chi connectivity index (χ3v) is 8.10. The van der Waals surface area contributed by atoms with Crippen LogP contribution in [-0.2, 0) is 19.1 Å². The fraction of sp³-hybridized carbons (Fsp3) is 0.379. The summed E-state index contributed by atoms with van der Waals surface area (Å²) in [6.45, 7) is 7.56. The molecule has 2 aromatic carbocycles. The lowest BCUT2D eigenvalue weighted by molar-refractivity contribution is -0.384. The molecule has 4 rings (SSSR count). The molecule has 0 radical (unpaired) electrons. The van der Waals surface area contributed by atoms with E-state index in [9.17, 15) is 19.7 Å². The molecule has 41 heavy (non-hydrogen) atoms. The Morgan fingerprint density at radius 3 is 2.34 bits per heavy atom. The Morgan fingerprint density at radius 1 is 1.02 bits per heavy atom. The number of methoxy groups -OCH3 is 1. The number of piperazine rings is 1. The van der Waals surface area contributed by atoms with Crippen LogP contribution in [0, 0.1) is 10.1 Å². The van der Waals surface area contributed by atoms with Gasteiger partial charge in [-0.2, -0.15) is 0 Å². The fourth-order valence-electron chi connectivity index (χ4n) is 5.28. The van der Waals surface area contributed by atoms with Gasteiger partial charge in [0, 0.05) is 56.3 Å². The smallest absolute Gasteiger partial charge is 0.336 e. The number of dihydropyridines is 1. The third-order valence-electron chi connectivity index (χ3n) is 7.30. The zero-order valence-electron chi connectivity index (χ0n) is 23.1. The molecule has 0 aliphatic carbocycles. The monoisotopic (exact) mass is 602 g/mol. The quantitative estimate of drug-likeness (QED) is 0.182. The van der Waals surface area contributed by atoms with Gasteiger partial charge in [0.15, 0.2) is 0 Å². The minimum Gasteiger partial charge on any atom is -0.466 e. The molecule has 1 unspecified atom stereocenters. The van der Waals surface area contributed by atoms with Gasteiger partial charge in [-0.25, -0.2) is 9.59 Å². The fourth-order valence-corrected chi connectivity index (χ4v) is 5.69. The highest BCUT2D eigenvalue weighted by molar-refractivity contribution is 6.43. The zero-order valence-corrected chi connectivity index (χ0v) is 24.6. The number of non-ortho nitro benzene ring substituents is 1. The highest BCUT2D eigenvalue weighted by Gasteiger charge is 2.38. The van der Waals surface area contributed by atoms with E-state index >= 15 is 0 Å². The van der Waals surface area contributed by atoms with Crippen LogP contribution in [0.2, 0.25) is 10.0 Å². The molecule has 1 saturated heterocycles. The van der Waals surface area contributed by atoms with E-state index in [1.807, 2.05) is 12.1 Å². The number of anilines is 1. The number of carbonyl (C=O) groups is 2. The number of nitrogens with zero attached hydrogens (tertiary/aromatic N) is 3. The summed E-state index contributed by atoms with van der Waals surface area (Å²) in [5.41, 5.74) is 2.61. The highest BCUT2D eigenvalue weighted by atomic mass is 35.5. The van der Waals surface area contributed by atoms with Gasteiger partial charge in [0.05, 0.1) is 51.4 Å². The van der Waals surface area contributed by atoms with Crippen molar-refractivity contribution in [2.24, 2.45) is 0 Å². The van der Waals surface area contributed by atoms with Gasteiger partial charge in [-0.15, -0.1) is 0 Å². The molecule has 0 amide bonds. The number of esters is 2. The molecule has 2 aliphatic heterocycles. The van der Waals surface area contributed by atoms with E-state index in [-0.39, 0.29) is 23.4 Å². The topological polar surface area (TPSA) is 114 Å². The maximum absolute atomic E-state index is 13.4. The zero-order chi connectivity index (χ0) is 29.7. The molecular formula is C29H32Cl2N4O6. The molecule has 2 heterocycles. The van der Waals surface area contributed by atoms with Crippen LogP contribution in [0.1, 0.15) is 31.7 Å². The second-order valence-corrected chi connectivity index (χ2v) is 10.7. The number of rotatable bonds is 9. The van der Waals surface area contributed by atoms with Crippen LogP contribution in [0.3, 0.4) is 0 Å². The van der Waals surface area contributed by atoms with Crippen LogP contribution in [0.4, 0.5) is 11.4 Å². The maximum Gasteiger partial charge on any atom is 0.336 e. The van der Waals surface area contributed by atoms with Gasteiger partial charge in [0.25, 0.3) is 5.69 Å². The van der Waals surface area contributed by atoms with E-state index < -0.39 is 22.8 Å². The molecule has 2 aliphatic rings. The Bertz CT molecular complexity index is 1400. The minimum atomic E-state index is -0.887. The van der Waals surface area contributed by atoms with Crippen molar-refractivity contribution in [1.29, 1.82) is 0 Å². The van der Waals surface area contributed by atoms with Crippen molar-refractivity contribution in [1.82, 2.24) is 10.2 Å². The van der Waals surface area contributed by atoms with Gasteiger partial charge in [-0.05, 0) is 38.0 Å². The first-order chi connectivity index (χ1) is 19.6. The number of ether oxygens (including phenoxy) is 2. The second-order valence-electron chi connectivity index (χ2n) is 9.87. The molecule has 0 spiro atoms. The number of nitrogens with one attached hydrogen (secondary N) is 1. The molecule has 12 heteroatoms. The van der Waals surface area contributed by atoms with Crippen LogP contribution < -0.4 is 10.2 Å². The van der Waals surface area contributed by atoms with E-state index in [1.165, 1.54) is 25.3 Å². The summed E-state index contributed by atoms with van der Waals surface area (Å²) in [6, 6.07) is 11.5. The second kappa shape index (κ2) is 13.4. The number of benzene rings is 2. The average Bonchev–Trinajstić information content (AvgIpc) is 2.96. The number of hydrogen-bond donors (Lipinski definition) is 1. The van der Waals surface area contributed by atoms with Crippen molar-refractivity contribution in [2.75, 3.05) is 51.3 Å². The van der Waals surface area contributed by atoms with Crippen LogP contribution in [0.5, 0.6) is 0 Å². The largest absolute Gasteiger partial charge is 0.466 e. The van der Waals surface area contributed by atoms with E-state index in [4.69, 9.17) is 32.7 Å². The first-order valence-electron chi connectivity index (χ1n) is 13.2. The number of halogens is 2. The molecule has 10 nitrogen and oxygen atoms in total. The van der Waals surface area contributed by atoms with Gasteiger partial charge >= 0.3 is 11.9 Å². The van der Waals surface area contributed by atoms with E-state index in [2.05, 4.69) is 15.1 Å². The summed E-state index contributed by atoms with van der Waals surface area (Å²) in [7, 11) is 1.25. The van der Waals surface area contributed by atoms with Crippen molar-refractivity contribution in [2.45, 2.75) is 26.2 Å². The van der Waals surface area contributed by atoms with Crippen LogP contribution in [0.25, 0.3) is 0 Å². The molecule has 218 valence electrons. The SMILES string of the molecule is COC(=O)C1=C(C)NC(C)=C(C(=O)OCCCN2CCN(c3cccc(Cl)c3Cl)CC2)C1c1cccc([N+](=O)[O-])c1. The Hall–Kier alpha value is -3.60. The van der Waals surface area contributed by atoms with Gasteiger partial charge in [0.2, 0.25) is 0 Å². The van der Waals surface area contributed by atoms with E-state index in [0.29, 0.717) is 33.4 Å². The number of nitro benzene ring substituents is 1. The average molecular weight is 604 g/mol. The molecule has 0 bridgehead atoms. The van der Waals surface area contributed by atoms with Gasteiger partial charge in [-0.1, -0.05) is 41.4 Å². The molecule has 0 aromatic heterocycles. The standard InChI is InChI=1S/C29H32Cl2N4O6/c1-18-24(28(36)40-3)26(20-7-4-8-21(17-20)35(38)39)25(19(2)32-18)29(37)41-16-6-11-33-12-14-34(15-13-33)23-10-5-9-22(30)27(23)31/h4-5,7-10,17,26,32H,6,11-16H2,1-3H3. The Labute approximate surface area is 248 Å². The van der Waals surface area contributed by atoms with Gasteiger partial charge in [-0.3, -0.25) is 15.0 Å². The van der Waals surface area contributed by atoms with Crippen molar-refractivity contribution < 1.29 is 24.0 Å². The van der Waals surface area contributed by atoms with Gasteiger partial charge < -0.3 is 19.7 Å². The lowest BCUT2D eigenvalue weighted by atomic mass is 9.80. The van der Waals surface area contributed by atoms with Crippen LogP contribution in [-0.4, -0.2) is 68.2 Å². The summed E-state index contributed by atoms with van der Waals surface area (Å²) < 4.78 is 10.7. The van der Waals surface area contributed by atoms with E-state index in [0.717, 1.165) is 38.4 Å². The molecule has 1 N–H and O–H groups in total. The molecule has 0 saturated carbocycles. The number of nitro groups is 1. The van der Waals surface area contributed by atoms with Crippen molar-refractivity contribution in [3.63, 3.8) is 0 Å². The molecule has 2 aromatic rings. The Balaban J connectivity index is 1.40. The minimum absolute atomic E-state index is 0.147. The highest BCUT2D eigenvalue weighted by Crippen LogP contribution is 2.40. The first-order valence-corrected chi connectivity index (χ1v) is 14.0. The third kappa shape index (κ3) is 6.83. The number of hydrogen-bond acceptors (Lipinski definition) is 9. The van der Waals surface area contributed by atoms with Gasteiger partial charge in [0.1, 0.15) is 0 Å². The molecular weight excluding hydrogens is 571 g/mol. The predicted octanol–water partition coefficient (Wildman–Crippen LogP) is 5.06. The van der Waals surface area contributed by atoms with Crippen molar-refractivity contribution >= 4 is 46.5 Å².